The third kappa shape index (κ3) is 6.09. The number of carbonyl (C=O) groups is 1. The molecule has 0 aromatic heterocycles. The van der Waals surface area contributed by atoms with E-state index in [9.17, 15) is 4.79 Å². The highest BCUT2D eigenvalue weighted by atomic mass is 16.5. The highest BCUT2D eigenvalue weighted by molar-refractivity contribution is 5.66. The number of likely N-dealkylation sites (tertiary alicyclic amines) is 1. The van der Waals surface area contributed by atoms with Crippen LogP contribution in [0.5, 0.6) is 11.5 Å². The van der Waals surface area contributed by atoms with Crippen LogP contribution in [0.2, 0.25) is 0 Å². The fourth-order valence-corrected chi connectivity index (χ4v) is 4.38. The molecule has 6 heteroatoms. The summed E-state index contributed by atoms with van der Waals surface area (Å²) in [5.74, 6) is 1.12. The van der Waals surface area contributed by atoms with Crippen molar-refractivity contribution in [2.24, 2.45) is 0 Å². The molecule has 2 aliphatic rings. The lowest BCUT2D eigenvalue weighted by atomic mass is 9.74. The Kier molecular flexibility index (Phi) is 8.19. The zero-order valence-corrected chi connectivity index (χ0v) is 17.7. The number of aliphatic carboxylic acids is 1. The molecule has 2 heterocycles. The zero-order valence-electron chi connectivity index (χ0n) is 17.7. The molecule has 1 N–H and O–H groups in total. The van der Waals surface area contributed by atoms with Gasteiger partial charge < -0.3 is 24.2 Å². The van der Waals surface area contributed by atoms with E-state index < -0.39 is 5.97 Å². The predicted molar refractivity (Wildman–Crippen MR) is 112 cm³/mol. The van der Waals surface area contributed by atoms with Gasteiger partial charge in [0.05, 0.1) is 19.6 Å². The van der Waals surface area contributed by atoms with E-state index in [0.717, 1.165) is 70.1 Å². The number of carboxylic acids is 1. The molecule has 1 aromatic carbocycles. The third-order valence-corrected chi connectivity index (χ3v) is 6.24. The lowest BCUT2D eigenvalue weighted by Gasteiger charge is -2.38. The summed E-state index contributed by atoms with van der Waals surface area (Å²) >= 11 is 0. The summed E-state index contributed by atoms with van der Waals surface area (Å²) in [7, 11) is 1.75. The summed E-state index contributed by atoms with van der Waals surface area (Å²) in [6.07, 6.45) is 8.09. The Hall–Kier alpha value is -1.79. The van der Waals surface area contributed by atoms with E-state index in [-0.39, 0.29) is 11.8 Å². The highest BCUT2D eigenvalue weighted by Crippen LogP contribution is 2.46. The van der Waals surface area contributed by atoms with Gasteiger partial charge in [-0.15, -0.1) is 0 Å². The number of ether oxygens (including phenoxy) is 3. The number of rotatable bonds is 12. The van der Waals surface area contributed by atoms with Crippen LogP contribution in [0.1, 0.15) is 56.9 Å². The molecule has 1 aromatic rings. The summed E-state index contributed by atoms with van der Waals surface area (Å²) in [6.45, 7) is 4.82. The standard InChI is InChI=1S/C23H35NO5/c1-27-15-5-3-2-4-6-16-28-19-7-8-20-21(17-19)29-18-23(20)10-13-24(14-11-23)12-9-22(25)26/h7-8,17H,2-6,9-16,18H2,1H3,(H,25,26). The normalized spacial score (nSPS) is 17.8. The van der Waals surface area contributed by atoms with Crippen molar-refractivity contribution in [3.05, 3.63) is 23.8 Å². The van der Waals surface area contributed by atoms with Gasteiger partial charge in [-0.1, -0.05) is 25.3 Å². The van der Waals surface area contributed by atoms with Crippen LogP contribution >= 0.6 is 0 Å². The first-order valence-electron chi connectivity index (χ1n) is 11.0. The zero-order chi connectivity index (χ0) is 20.5. The van der Waals surface area contributed by atoms with Gasteiger partial charge >= 0.3 is 5.97 Å². The molecular weight excluding hydrogens is 370 g/mol. The Morgan fingerprint density at radius 3 is 2.59 bits per heavy atom. The smallest absolute Gasteiger partial charge is 0.304 e. The van der Waals surface area contributed by atoms with E-state index in [0.29, 0.717) is 6.54 Å². The molecule has 1 spiro atoms. The maximum atomic E-state index is 10.8. The van der Waals surface area contributed by atoms with Crippen LogP contribution in [0.4, 0.5) is 0 Å². The number of unbranched alkanes of at least 4 members (excludes halogenated alkanes) is 4. The average molecular weight is 406 g/mol. The lowest BCUT2D eigenvalue weighted by molar-refractivity contribution is -0.137. The van der Waals surface area contributed by atoms with Crippen molar-refractivity contribution in [2.45, 2.75) is 56.8 Å². The highest BCUT2D eigenvalue weighted by Gasteiger charge is 2.43. The molecule has 1 fully saturated rings. The molecular formula is C23H35NO5. The lowest BCUT2D eigenvalue weighted by Crippen LogP contribution is -2.44. The van der Waals surface area contributed by atoms with Crippen molar-refractivity contribution in [3.8, 4) is 11.5 Å². The number of methoxy groups -OCH3 is 1. The number of hydrogen-bond donors (Lipinski definition) is 1. The van der Waals surface area contributed by atoms with Crippen molar-refractivity contribution >= 4 is 5.97 Å². The second kappa shape index (κ2) is 10.8. The van der Waals surface area contributed by atoms with E-state index in [4.69, 9.17) is 19.3 Å². The van der Waals surface area contributed by atoms with Crippen LogP contribution in [-0.2, 0) is 14.9 Å². The molecule has 0 bridgehead atoms. The fraction of sp³-hybridized carbons (Fsp3) is 0.696. The second-order valence-corrected chi connectivity index (χ2v) is 8.32. The van der Waals surface area contributed by atoms with Gasteiger partial charge in [-0.2, -0.15) is 0 Å². The van der Waals surface area contributed by atoms with Gasteiger partial charge in [0.2, 0.25) is 0 Å². The van der Waals surface area contributed by atoms with Crippen LogP contribution in [-0.4, -0.2) is 62.5 Å². The summed E-state index contributed by atoms with van der Waals surface area (Å²) in [4.78, 5) is 13.0. The summed E-state index contributed by atoms with van der Waals surface area (Å²) in [6, 6.07) is 6.29. The van der Waals surface area contributed by atoms with Gasteiger partial charge in [0.1, 0.15) is 11.5 Å². The van der Waals surface area contributed by atoms with Crippen LogP contribution in [0.15, 0.2) is 18.2 Å². The molecule has 0 atom stereocenters. The molecule has 3 rings (SSSR count). The first-order chi connectivity index (χ1) is 14.1. The Morgan fingerprint density at radius 2 is 1.86 bits per heavy atom. The largest absolute Gasteiger partial charge is 0.493 e. The fourth-order valence-electron chi connectivity index (χ4n) is 4.38. The maximum Gasteiger partial charge on any atom is 0.304 e. The SMILES string of the molecule is COCCCCCCCOc1ccc2c(c1)OCC21CCN(CCC(=O)O)CC1. The minimum absolute atomic E-state index is 0.0792. The first-order valence-corrected chi connectivity index (χ1v) is 11.0. The molecule has 6 nitrogen and oxygen atoms in total. The Balaban J connectivity index is 1.42. The number of piperidine rings is 1. The van der Waals surface area contributed by atoms with Gasteiger partial charge in [-0.25, -0.2) is 0 Å². The van der Waals surface area contributed by atoms with Crippen LogP contribution < -0.4 is 9.47 Å². The molecule has 0 unspecified atom stereocenters. The first kappa shape index (κ1) is 21.9. The van der Waals surface area contributed by atoms with E-state index in [1.165, 1.54) is 24.8 Å². The van der Waals surface area contributed by atoms with Crippen molar-refractivity contribution in [2.75, 3.05) is 46.6 Å². The van der Waals surface area contributed by atoms with Gasteiger partial charge in [-0.3, -0.25) is 4.79 Å². The molecule has 2 aliphatic heterocycles. The number of fused-ring (bicyclic) bond motifs is 2. The molecule has 0 saturated carbocycles. The van der Waals surface area contributed by atoms with Gasteiger partial charge in [0.25, 0.3) is 0 Å². The van der Waals surface area contributed by atoms with Crippen LogP contribution in [0.25, 0.3) is 0 Å². The van der Waals surface area contributed by atoms with E-state index in [1.54, 1.807) is 7.11 Å². The van der Waals surface area contributed by atoms with Gasteiger partial charge in [0, 0.05) is 37.3 Å². The van der Waals surface area contributed by atoms with Crippen molar-refractivity contribution in [1.82, 2.24) is 4.90 Å². The van der Waals surface area contributed by atoms with Gasteiger partial charge in [0.15, 0.2) is 0 Å². The Morgan fingerprint density at radius 1 is 1.14 bits per heavy atom. The average Bonchev–Trinajstić information content (AvgIpc) is 3.07. The van der Waals surface area contributed by atoms with E-state index in [2.05, 4.69) is 17.0 Å². The van der Waals surface area contributed by atoms with E-state index >= 15 is 0 Å². The number of hydrogen-bond acceptors (Lipinski definition) is 5. The van der Waals surface area contributed by atoms with Crippen molar-refractivity contribution in [1.29, 1.82) is 0 Å². The topological polar surface area (TPSA) is 68.2 Å². The van der Waals surface area contributed by atoms with Crippen LogP contribution in [0, 0.1) is 0 Å². The molecule has 0 amide bonds. The second-order valence-electron chi connectivity index (χ2n) is 8.32. The summed E-state index contributed by atoms with van der Waals surface area (Å²) < 4.78 is 17.1. The van der Waals surface area contributed by atoms with Gasteiger partial charge in [-0.05, 0) is 44.8 Å². The Labute approximate surface area is 174 Å². The molecule has 0 aliphatic carbocycles. The Bertz CT molecular complexity index is 655. The van der Waals surface area contributed by atoms with Crippen LogP contribution in [0.3, 0.4) is 0 Å². The maximum absolute atomic E-state index is 10.8. The quantitative estimate of drug-likeness (QED) is 0.533. The molecule has 29 heavy (non-hydrogen) atoms. The number of benzene rings is 1. The predicted octanol–water partition coefficient (Wildman–Crippen LogP) is 3.86. The minimum atomic E-state index is -0.724. The van der Waals surface area contributed by atoms with E-state index in [1.807, 2.05) is 6.07 Å². The summed E-state index contributed by atoms with van der Waals surface area (Å²) in [5, 5.41) is 8.88. The van der Waals surface area contributed by atoms with Crippen molar-refractivity contribution < 1.29 is 24.1 Å². The molecule has 162 valence electrons. The minimum Gasteiger partial charge on any atom is -0.493 e. The van der Waals surface area contributed by atoms with Crippen molar-refractivity contribution in [3.63, 3.8) is 0 Å². The monoisotopic (exact) mass is 405 g/mol. The third-order valence-electron chi connectivity index (χ3n) is 6.24. The number of carboxylic acid groups (broad SMARTS) is 1. The molecule has 1 saturated heterocycles. The number of nitrogens with zero attached hydrogens (tertiary/aromatic N) is 1. The summed E-state index contributed by atoms with van der Waals surface area (Å²) in [5.41, 5.74) is 1.37. The molecule has 0 radical (unpaired) electrons.